The number of fused-ring (bicyclic) bond motifs is 1. The number of hydrogen-bond donors (Lipinski definition) is 1. The van der Waals surface area contributed by atoms with Crippen LogP contribution >= 0.6 is 11.3 Å². The quantitative estimate of drug-likeness (QED) is 0.871. The van der Waals surface area contributed by atoms with Crippen LogP contribution in [-0.4, -0.2) is 37.9 Å². The first-order valence-corrected chi connectivity index (χ1v) is 9.71. The minimum absolute atomic E-state index is 0.0344. The van der Waals surface area contributed by atoms with Crippen molar-refractivity contribution in [2.45, 2.75) is 31.6 Å². The molecule has 2 atom stereocenters. The van der Waals surface area contributed by atoms with Crippen molar-refractivity contribution in [2.75, 3.05) is 24.7 Å². The van der Waals surface area contributed by atoms with Crippen LogP contribution < -0.4 is 20.1 Å². The number of ether oxygens (including phenoxy) is 3. The van der Waals surface area contributed by atoms with Crippen LogP contribution in [0.1, 0.15) is 17.7 Å². The maximum atomic E-state index is 13.2. The highest BCUT2D eigenvalue weighted by Crippen LogP contribution is 2.35. The molecule has 2 N–H and O–H groups in total. The van der Waals surface area contributed by atoms with Gasteiger partial charge in [-0.05, 0) is 36.4 Å². The third kappa shape index (κ3) is 3.56. The van der Waals surface area contributed by atoms with Crippen molar-refractivity contribution in [1.82, 2.24) is 0 Å². The van der Waals surface area contributed by atoms with Crippen molar-refractivity contribution in [3.63, 3.8) is 0 Å². The summed E-state index contributed by atoms with van der Waals surface area (Å²) in [6.45, 7) is 2.00. The van der Waals surface area contributed by atoms with Crippen molar-refractivity contribution in [1.29, 1.82) is 0 Å². The minimum Gasteiger partial charge on any atom is -0.486 e. The maximum absolute atomic E-state index is 13.2. The number of carbonyl (C=O) groups excluding carboxylic acids is 1. The van der Waals surface area contributed by atoms with E-state index in [1.165, 1.54) is 0 Å². The van der Waals surface area contributed by atoms with Gasteiger partial charge >= 0.3 is 0 Å². The highest BCUT2D eigenvalue weighted by Gasteiger charge is 2.34. The molecule has 0 radical (unpaired) electrons. The van der Waals surface area contributed by atoms with E-state index in [1.807, 2.05) is 35.7 Å². The Morgan fingerprint density at radius 1 is 1.19 bits per heavy atom. The number of anilines is 1. The molecular weight excluding hydrogens is 352 g/mol. The van der Waals surface area contributed by atoms with Crippen molar-refractivity contribution in [2.24, 2.45) is 5.73 Å². The number of rotatable bonds is 5. The van der Waals surface area contributed by atoms with E-state index in [9.17, 15) is 4.79 Å². The number of nitrogens with two attached hydrogens (primary N) is 1. The standard InChI is InChI=1S/C19H22N2O4S/c20-11-14-4-6-17(25-14)19(22)21(12-15-2-1-9-26-15)13-3-5-16-18(10-13)24-8-7-23-16/h1-3,5,9-10,14,17H,4,6-8,11-12,20H2/t14-,17+/m1/s1. The molecule has 0 bridgehead atoms. The largest absolute Gasteiger partial charge is 0.486 e. The molecule has 2 aliphatic heterocycles. The molecule has 4 rings (SSSR count). The Balaban J connectivity index is 1.61. The molecule has 0 saturated carbocycles. The predicted octanol–water partition coefficient (Wildman–Crippen LogP) is 2.56. The second-order valence-electron chi connectivity index (χ2n) is 6.39. The molecule has 7 heteroatoms. The Hall–Kier alpha value is -2.09. The molecular formula is C19H22N2O4S. The number of carbonyl (C=O) groups is 1. The highest BCUT2D eigenvalue weighted by molar-refractivity contribution is 7.09. The molecule has 1 saturated heterocycles. The van der Waals surface area contributed by atoms with Gasteiger partial charge in [0.2, 0.25) is 0 Å². The minimum atomic E-state index is -0.447. The Kier molecular flexibility index (Phi) is 5.10. The van der Waals surface area contributed by atoms with Crippen LogP contribution in [-0.2, 0) is 16.1 Å². The summed E-state index contributed by atoms with van der Waals surface area (Å²) in [5, 5.41) is 2.01. The average Bonchev–Trinajstić information content (AvgIpc) is 3.37. The number of thiophene rings is 1. The fourth-order valence-electron chi connectivity index (χ4n) is 3.29. The van der Waals surface area contributed by atoms with E-state index in [1.54, 1.807) is 16.2 Å². The summed E-state index contributed by atoms with van der Waals surface area (Å²) >= 11 is 1.63. The average molecular weight is 374 g/mol. The van der Waals surface area contributed by atoms with Gasteiger partial charge < -0.3 is 24.8 Å². The second-order valence-corrected chi connectivity index (χ2v) is 7.42. The van der Waals surface area contributed by atoms with Crippen molar-refractivity contribution < 1.29 is 19.0 Å². The lowest BCUT2D eigenvalue weighted by Gasteiger charge is -2.27. The molecule has 0 unspecified atom stereocenters. The summed E-state index contributed by atoms with van der Waals surface area (Å²) in [6, 6.07) is 9.64. The van der Waals surface area contributed by atoms with E-state index in [0.29, 0.717) is 44.2 Å². The van der Waals surface area contributed by atoms with Gasteiger partial charge in [0, 0.05) is 23.2 Å². The van der Waals surface area contributed by atoms with E-state index in [0.717, 1.165) is 17.0 Å². The van der Waals surface area contributed by atoms with Gasteiger partial charge in [-0.3, -0.25) is 4.79 Å². The fraction of sp³-hybridized carbons (Fsp3) is 0.421. The van der Waals surface area contributed by atoms with Gasteiger partial charge in [0.25, 0.3) is 5.91 Å². The van der Waals surface area contributed by atoms with Gasteiger partial charge in [0.15, 0.2) is 11.5 Å². The SMILES string of the molecule is NC[C@H]1CC[C@@H](C(=O)N(Cc2cccs2)c2ccc3c(c2)OCCO3)O1. The van der Waals surface area contributed by atoms with E-state index < -0.39 is 6.10 Å². The molecule has 2 aliphatic rings. The Morgan fingerprint density at radius 2 is 2.04 bits per heavy atom. The molecule has 1 fully saturated rings. The van der Waals surface area contributed by atoms with Crippen LogP contribution in [0.5, 0.6) is 11.5 Å². The highest BCUT2D eigenvalue weighted by atomic mass is 32.1. The zero-order chi connectivity index (χ0) is 17.9. The summed E-state index contributed by atoms with van der Waals surface area (Å²) in [5.74, 6) is 1.35. The van der Waals surface area contributed by atoms with E-state index in [-0.39, 0.29) is 12.0 Å². The maximum Gasteiger partial charge on any atom is 0.256 e. The van der Waals surface area contributed by atoms with Gasteiger partial charge in [-0.2, -0.15) is 0 Å². The number of benzene rings is 1. The topological polar surface area (TPSA) is 74.0 Å². The normalized spacial score (nSPS) is 21.6. The smallest absolute Gasteiger partial charge is 0.256 e. The predicted molar refractivity (Wildman–Crippen MR) is 99.9 cm³/mol. The third-order valence-electron chi connectivity index (χ3n) is 4.64. The lowest BCUT2D eigenvalue weighted by molar-refractivity contribution is -0.129. The number of nitrogens with zero attached hydrogens (tertiary/aromatic N) is 1. The Morgan fingerprint density at radius 3 is 2.77 bits per heavy atom. The lowest BCUT2D eigenvalue weighted by atomic mass is 10.1. The molecule has 6 nitrogen and oxygen atoms in total. The van der Waals surface area contributed by atoms with Crippen LogP contribution in [0.4, 0.5) is 5.69 Å². The lowest BCUT2D eigenvalue weighted by Crippen LogP contribution is -2.39. The van der Waals surface area contributed by atoms with Crippen molar-refractivity contribution in [3.8, 4) is 11.5 Å². The first kappa shape index (κ1) is 17.3. The third-order valence-corrected chi connectivity index (χ3v) is 5.50. The summed E-state index contributed by atoms with van der Waals surface area (Å²) < 4.78 is 17.1. The number of hydrogen-bond acceptors (Lipinski definition) is 6. The summed E-state index contributed by atoms with van der Waals surface area (Å²) in [7, 11) is 0. The van der Waals surface area contributed by atoms with Crippen LogP contribution in [0.2, 0.25) is 0 Å². The molecule has 26 heavy (non-hydrogen) atoms. The molecule has 1 amide bonds. The molecule has 0 aliphatic carbocycles. The van der Waals surface area contributed by atoms with E-state index >= 15 is 0 Å². The monoisotopic (exact) mass is 374 g/mol. The molecule has 1 aromatic heterocycles. The van der Waals surface area contributed by atoms with Crippen molar-refractivity contribution >= 4 is 22.9 Å². The van der Waals surface area contributed by atoms with Crippen LogP contribution in [0.25, 0.3) is 0 Å². The Labute approximate surface area is 156 Å². The molecule has 0 spiro atoms. The zero-order valence-electron chi connectivity index (χ0n) is 14.4. The molecule has 1 aromatic carbocycles. The molecule has 3 heterocycles. The summed E-state index contributed by atoms with van der Waals surface area (Å²) in [6.07, 6.45) is 1.04. The fourth-order valence-corrected chi connectivity index (χ4v) is 3.98. The van der Waals surface area contributed by atoms with Crippen LogP contribution in [0, 0.1) is 0 Å². The Bertz CT molecular complexity index is 765. The number of amides is 1. The van der Waals surface area contributed by atoms with Gasteiger partial charge in [0.1, 0.15) is 19.3 Å². The van der Waals surface area contributed by atoms with Crippen LogP contribution in [0.15, 0.2) is 35.7 Å². The summed E-state index contributed by atoms with van der Waals surface area (Å²) in [4.78, 5) is 16.1. The first-order chi connectivity index (χ1) is 12.7. The molecule has 2 aromatic rings. The van der Waals surface area contributed by atoms with Gasteiger partial charge in [-0.25, -0.2) is 0 Å². The summed E-state index contributed by atoms with van der Waals surface area (Å²) in [5.41, 5.74) is 6.48. The molecule has 138 valence electrons. The van der Waals surface area contributed by atoms with E-state index in [2.05, 4.69) is 0 Å². The van der Waals surface area contributed by atoms with Crippen molar-refractivity contribution in [3.05, 3.63) is 40.6 Å². The van der Waals surface area contributed by atoms with Gasteiger partial charge in [-0.1, -0.05) is 6.07 Å². The van der Waals surface area contributed by atoms with Gasteiger partial charge in [-0.15, -0.1) is 11.3 Å². The van der Waals surface area contributed by atoms with Gasteiger partial charge in [0.05, 0.1) is 12.6 Å². The van der Waals surface area contributed by atoms with E-state index in [4.69, 9.17) is 19.9 Å². The zero-order valence-corrected chi connectivity index (χ0v) is 15.2. The first-order valence-electron chi connectivity index (χ1n) is 8.83. The van der Waals surface area contributed by atoms with Crippen LogP contribution in [0.3, 0.4) is 0 Å². The second kappa shape index (κ2) is 7.65.